The Hall–Kier alpha value is -2.61. The fourth-order valence-corrected chi connectivity index (χ4v) is 3.76. The topological polar surface area (TPSA) is 101 Å². The molecule has 1 aromatic carbocycles. The average Bonchev–Trinajstić information content (AvgIpc) is 2.67. The van der Waals surface area contributed by atoms with Gasteiger partial charge in [-0.25, -0.2) is 9.78 Å². The molecule has 1 aliphatic rings. The van der Waals surface area contributed by atoms with Gasteiger partial charge in [0.2, 0.25) is 5.91 Å². The number of hydrogen-bond acceptors (Lipinski definition) is 6. The summed E-state index contributed by atoms with van der Waals surface area (Å²) >= 11 is 1.20. The number of aromatic nitrogens is 2. The van der Waals surface area contributed by atoms with E-state index in [1.54, 1.807) is 31.2 Å². The molecular formula is C19H21N3O4S. The molecule has 1 amide bonds. The minimum atomic E-state index is -0.475. The van der Waals surface area contributed by atoms with E-state index in [1.165, 1.54) is 18.9 Å². The van der Waals surface area contributed by atoms with Crippen molar-refractivity contribution >= 4 is 29.3 Å². The number of carbonyl (C=O) groups excluding carboxylic acids is 2. The summed E-state index contributed by atoms with van der Waals surface area (Å²) in [5.41, 5.74) is 2.35. The van der Waals surface area contributed by atoms with E-state index in [4.69, 9.17) is 0 Å². The van der Waals surface area contributed by atoms with E-state index < -0.39 is 11.2 Å². The molecule has 27 heavy (non-hydrogen) atoms. The van der Waals surface area contributed by atoms with Crippen LogP contribution in [0.15, 0.2) is 34.2 Å². The lowest BCUT2D eigenvalue weighted by Gasteiger charge is -2.16. The van der Waals surface area contributed by atoms with Crippen LogP contribution in [0.3, 0.4) is 0 Å². The molecule has 1 aliphatic carbocycles. The highest BCUT2D eigenvalue weighted by Crippen LogP contribution is 2.23. The van der Waals surface area contributed by atoms with E-state index in [9.17, 15) is 14.4 Å². The van der Waals surface area contributed by atoms with Gasteiger partial charge in [-0.1, -0.05) is 17.8 Å². The molecule has 7 nitrogen and oxygen atoms in total. The summed E-state index contributed by atoms with van der Waals surface area (Å²) in [7, 11) is 1.30. The number of aryl methyl sites for hydroxylation is 1. The predicted octanol–water partition coefficient (Wildman–Crippen LogP) is 2.55. The van der Waals surface area contributed by atoms with Crippen LogP contribution >= 0.6 is 11.8 Å². The van der Waals surface area contributed by atoms with E-state index in [0.717, 1.165) is 36.9 Å². The van der Waals surface area contributed by atoms with Crippen LogP contribution in [0.25, 0.3) is 0 Å². The molecular weight excluding hydrogens is 366 g/mol. The number of hydrogen-bond donors (Lipinski definition) is 2. The molecule has 1 aromatic heterocycles. The number of amides is 1. The maximum atomic E-state index is 12.5. The van der Waals surface area contributed by atoms with Crippen LogP contribution in [0.1, 0.15) is 41.4 Å². The minimum Gasteiger partial charge on any atom is -0.465 e. The Bertz CT molecular complexity index is 925. The number of nitrogens with zero attached hydrogens (tertiary/aromatic N) is 1. The van der Waals surface area contributed by atoms with Crippen molar-refractivity contribution in [2.45, 2.75) is 43.0 Å². The molecule has 1 unspecified atom stereocenters. The zero-order chi connectivity index (χ0) is 19.4. The van der Waals surface area contributed by atoms with Gasteiger partial charge in [0.15, 0.2) is 5.16 Å². The molecule has 0 aliphatic heterocycles. The Labute approximate surface area is 160 Å². The predicted molar refractivity (Wildman–Crippen MR) is 103 cm³/mol. The summed E-state index contributed by atoms with van der Waals surface area (Å²) in [6, 6.07) is 6.53. The molecule has 8 heteroatoms. The van der Waals surface area contributed by atoms with Crippen LogP contribution < -0.4 is 10.9 Å². The maximum absolute atomic E-state index is 12.5. The Morgan fingerprint density at radius 1 is 1.30 bits per heavy atom. The first-order valence-corrected chi connectivity index (χ1v) is 9.64. The molecule has 2 N–H and O–H groups in total. The molecule has 142 valence electrons. The highest BCUT2D eigenvalue weighted by Gasteiger charge is 2.20. The van der Waals surface area contributed by atoms with Gasteiger partial charge in [0.05, 0.1) is 23.6 Å². The Morgan fingerprint density at radius 3 is 2.85 bits per heavy atom. The lowest BCUT2D eigenvalue weighted by Crippen LogP contribution is -2.25. The molecule has 0 saturated carbocycles. The largest absolute Gasteiger partial charge is 0.465 e. The lowest BCUT2D eigenvalue weighted by atomic mass is 9.97. The SMILES string of the molecule is COC(=O)c1cccc(NC(=O)C(C)Sc2nc3c(c(=O)[nH]2)CCCC3)c1. The summed E-state index contributed by atoms with van der Waals surface area (Å²) in [4.78, 5) is 43.6. The van der Waals surface area contributed by atoms with Gasteiger partial charge in [-0.05, 0) is 50.8 Å². The number of esters is 1. The van der Waals surface area contributed by atoms with Crippen molar-refractivity contribution in [1.29, 1.82) is 0 Å². The molecule has 1 atom stereocenters. The third-order valence-electron chi connectivity index (χ3n) is 4.38. The number of ether oxygens (including phenoxy) is 1. The number of anilines is 1. The average molecular weight is 387 g/mol. The zero-order valence-corrected chi connectivity index (χ0v) is 16.0. The van der Waals surface area contributed by atoms with E-state index in [0.29, 0.717) is 16.4 Å². The molecule has 2 aromatic rings. The Kier molecular flexibility index (Phi) is 5.95. The van der Waals surface area contributed by atoms with Gasteiger partial charge < -0.3 is 15.0 Å². The summed E-state index contributed by atoms with van der Waals surface area (Å²) in [6.07, 6.45) is 3.59. The summed E-state index contributed by atoms with van der Waals surface area (Å²) < 4.78 is 4.68. The van der Waals surface area contributed by atoms with E-state index in [-0.39, 0.29) is 11.5 Å². The van der Waals surface area contributed by atoms with Gasteiger partial charge in [0, 0.05) is 11.3 Å². The summed E-state index contributed by atoms with van der Waals surface area (Å²) in [5, 5.41) is 2.75. The van der Waals surface area contributed by atoms with Crippen molar-refractivity contribution in [2.24, 2.45) is 0 Å². The number of thioether (sulfide) groups is 1. The molecule has 1 heterocycles. The van der Waals surface area contributed by atoms with Gasteiger partial charge in [-0.3, -0.25) is 9.59 Å². The number of benzene rings is 1. The second kappa shape index (κ2) is 8.39. The first kappa shape index (κ1) is 19.2. The molecule has 0 saturated heterocycles. The number of carbonyl (C=O) groups is 2. The molecule has 0 radical (unpaired) electrons. The summed E-state index contributed by atoms with van der Waals surface area (Å²) in [6.45, 7) is 1.74. The zero-order valence-electron chi connectivity index (χ0n) is 15.2. The first-order valence-electron chi connectivity index (χ1n) is 8.76. The minimum absolute atomic E-state index is 0.111. The fraction of sp³-hybridized carbons (Fsp3) is 0.368. The van der Waals surface area contributed by atoms with Gasteiger partial charge in [0.1, 0.15) is 0 Å². The van der Waals surface area contributed by atoms with Crippen LogP contribution in [-0.2, 0) is 22.4 Å². The van der Waals surface area contributed by atoms with E-state index in [2.05, 4.69) is 20.0 Å². The quantitative estimate of drug-likeness (QED) is 0.464. The van der Waals surface area contributed by atoms with Gasteiger partial charge >= 0.3 is 5.97 Å². The monoisotopic (exact) mass is 387 g/mol. The van der Waals surface area contributed by atoms with Crippen LogP contribution in [-0.4, -0.2) is 34.2 Å². The van der Waals surface area contributed by atoms with Crippen molar-refractivity contribution in [3.05, 3.63) is 51.4 Å². The van der Waals surface area contributed by atoms with Crippen LogP contribution in [0, 0.1) is 0 Å². The van der Waals surface area contributed by atoms with Crippen molar-refractivity contribution in [1.82, 2.24) is 9.97 Å². The normalized spacial score (nSPS) is 14.1. The molecule has 0 spiro atoms. The van der Waals surface area contributed by atoms with Crippen LogP contribution in [0.2, 0.25) is 0 Å². The maximum Gasteiger partial charge on any atom is 0.337 e. The standard InChI is InChI=1S/C19H21N3O4S/c1-11(16(23)20-13-7-5-6-12(10-13)18(25)26-2)27-19-21-15-9-4-3-8-14(15)17(24)22-19/h5-7,10-11H,3-4,8-9H2,1-2H3,(H,20,23)(H,21,22,24). The third kappa shape index (κ3) is 4.57. The molecule has 0 fully saturated rings. The third-order valence-corrected chi connectivity index (χ3v) is 5.36. The van der Waals surface area contributed by atoms with Crippen LogP contribution in [0.4, 0.5) is 5.69 Å². The van der Waals surface area contributed by atoms with Crippen molar-refractivity contribution in [3.63, 3.8) is 0 Å². The van der Waals surface area contributed by atoms with Crippen LogP contribution in [0.5, 0.6) is 0 Å². The number of nitrogens with one attached hydrogen (secondary N) is 2. The van der Waals surface area contributed by atoms with Crippen molar-refractivity contribution in [2.75, 3.05) is 12.4 Å². The van der Waals surface area contributed by atoms with Gasteiger partial charge in [-0.15, -0.1) is 0 Å². The highest BCUT2D eigenvalue weighted by atomic mass is 32.2. The Morgan fingerprint density at radius 2 is 2.07 bits per heavy atom. The Balaban J connectivity index is 1.69. The van der Waals surface area contributed by atoms with Crippen molar-refractivity contribution < 1.29 is 14.3 Å². The number of fused-ring (bicyclic) bond motifs is 1. The lowest BCUT2D eigenvalue weighted by molar-refractivity contribution is -0.115. The van der Waals surface area contributed by atoms with E-state index >= 15 is 0 Å². The van der Waals surface area contributed by atoms with E-state index in [1.807, 2.05) is 0 Å². The summed E-state index contributed by atoms with van der Waals surface area (Å²) in [5.74, 6) is -0.716. The second-order valence-corrected chi connectivity index (χ2v) is 7.65. The number of rotatable bonds is 5. The first-order chi connectivity index (χ1) is 13.0. The second-order valence-electron chi connectivity index (χ2n) is 6.33. The number of H-pyrrole nitrogens is 1. The number of methoxy groups -OCH3 is 1. The molecule has 3 rings (SSSR count). The molecule has 0 bridgehead atoms. The van der Waals surface area contributed by atoms with Crippen molar-refractivity contribution in [3.8, 4) is 0 Å². The van der Waals surface area contributed by atoms with Gasteiger partial charge in [-0.2, -0.15) is 0 Å². The fourth-order valence-electron chi connectivity index (χ4n) is 2.94. The smallest absolute Gasteiger partial charge is 0.337 e. The number of aromatic amines is 1. The van der Waals surface area contributed by atoms with Gasteiger partial charge in [0.25, 0.3) is 5.56 Å². The highest BCUT2D eigenvalue weighted by molar-refractivity contribution is 8.00.